The summed E-state index contributed by atoms with van der Waals surface area (Å²) in [6.45, 7) is 0. The third-order valence-corrected chi connectivity index (χ3v) is 0.220. The summed E-state index contributed by atoms with van der Waals surface area (Å²) in [6, 6.07) is 0. The van der Waals surface area contributed by atoms with Crippen LogP contribution in [0.4, 0.5) is 8.78 Å². The van der Waals surface area contributed by atoms with Crippen molar-refractivity contribution in [1.29, 1.82) is 0 Å². The van der Waals surface area contributed by atoms with Crippen molar-refractivity contribution in [1.82, 2.24) is 0 Å². The van der Waals surface area contributed by atoms with E-state index >= 15 is 0 Å². The molecule has 0 rings (SSSR count). The molecule has 0 aromatic heterocycles. The molecule has 0 fully saturated rings. The summed E-state index contributed by atoms with van der Waals surface area (Å²) in [7, 11) is 0. The largest absolute Gasteiger partial charge is 0.519 e. The van der Waals surface area contributed by atoms with Crippen molar-refractivity contribution < 1.29 is 8.78 Å². The number of nitroso groups, excluding NO2 is 2. The fraction of sp³-hybridized carbons (Fsp3) is 1.00. The highest BCUT2D eigenvalue weighted by Gasteiger charge is 2.30. The Kier molecular flexibility index (Phi) is 1.45. The molecule has 6 heteroatoms. The minimum absolute atomic E-state index is 1.08. The highest BCUT2D eigenvalue weighted by atomic mass is 19.3. The average molecular weight is 110 g/mol. The SMILES string of the molecule is O=NC(F)(F)N=O. The second-order valence-electron chi connectivity index (χ2n) is 0.692. The highest BCUT2D eigenvalue weighted by Crippen LogP contribution is 2.13. The molecule has 4 nitrogen and oxygen atoms in total. The Labute approximate surface area is 36.5 Å². The molecule has 0 aromatic carbocycles. The third kappa shape index (κ3) is 1.85. The first-order valence-corrected chi connectivity index (χ1v) is 1.19. The number of alkyl halides is 2. The van der Waals surface area contributed by atoms with E-state index in [1.807, 2.05) is 0 Å². The lowest BCUT2D eigenvalue weighted by Crippen LogP contribution is -2.03. The standard InChI is InChI=1S/CF2N2O2/c2-1(3,4-6)5-7. The van der Waals surface area contributed by atoms with Gasteiger partial charge in [-0.3, -0.25) is 0 Å². The Bertz CT molecular complexity index is 81.7. The summed E-state index contributed by atoms with van der Waals surface area (Å²) in [5.41, 5.74) is 0. The number of hydrogen-bond acceptors (Lipinski definition) is 4. The maximum Gasteiger partial charge on any atom is 0.519 e. The Morgan fingerprint density at radius 2 is 1.43 bits per heavy atom. The van der Waals surface area contributed by atoms with E-state index in [1.165, 1.54) is 0 Å². The topological polar surface area (TPSA) is 58.9 Å². The third-order valence-electron chi connectivity index (χ3n) is 0.220. The van der Waals surface area contributed by atoms with Crippen LogP contribution >= 0.6 is 0 Å². The van der Waals surface area contributed by atoms with Crippen LogP contribution in [0.3, 0.4) is 0 Å². The van der Waals surface area contributed by atoms with Gasteiger partial charge in [-0.25, -0.2) is 0 Å². The summed E-state index contributed by atoms with van der Waals surface area (Å²) in [5, 5.41) is 2.15. The lowest BCUT2D eigenvalue weighted by Gasteiger charge is -1.87. The predicted molar refractivity (Wildman–Crippen MR) is 16.5 cm³/mol. The van der Waals surface area contributed by atoms with Gasteiger partial charge in [-0.15, -0.1) is 9.81 Å². The van der Waals surface area contributed by atoms with Gasteiger partial charge < -0.3 is 0 Å². The molecule has 0 saturated carbocycles. The molecule has 0 aromatic rings. The molecule has 0 radical (unpaired) electrons. The van der Waals surface area contributed by atoms with Gasteiger partial charge in [-0.05, 0) is 0 Å². The smallest absolute Gasteiger partial charge is 0.153 e. The van der Waals surface area contributed by atoms with Crippen LogP contribution in [0.15, 0.2) is 10.4 Å². The molecule has 0 spiro atoms. The molecule has 40 valence electrons. The van der Waals surface area contributed by atoms with Gasteiger partial charge in [0.15, 0.2) is 0 Å². The first kappa shape index (κ1) is 6.06. The molecule has 0 aliphatic rings. The molecular weight excluding hydrogens is 110 g/mol. The molecule has 0 bridgehead atoms. The van der Waals surface area contributed by atoms with Crippen molar-refractivity contribution in [2.45, 2.75) is 6.17 Å². The molecule has 0 saturated heterocycles. The number of halogens is 2. The number of hydrogen-bond donors (Lipinski definition) is 0. The van der Waals surface area contributed by atoms with E-state index in [0.717, 1.165) is 10.4 Å². The lowest BCUT2D eigenvalue weighted by molar-refractivity contribution is 0.0175. The van der Waals surface area contributed by atoms with Crippen LogP contribution < -0.4 is 0 Å². The van der Waals surface area contributed by atoms with Crippen molar-refractivity contribution in [3.05, 3.63) is 9.81 Å². The van der Waals surface area contributed by atoms with Gasteiger partial charge in [0, 0.05) is 10.4 Å². The number of rotatable bonds is 2. The monoisotopic (exact) mass is 110 g/mol. The van der Waals surface area contributed by atoms with E-state index < -0.39 is 6.17 Å². The molecule has 0 heterocycles. The van der Waals surface area contributed by atoms with Crippen LogP contribution in [0.2, 0.25) is 0 Å². The second-order valence-corrected chi connectivity index (χ2v) is 0.692. The van der Waals surface area contributed by atoms with Crippen molar-refractivity contribution in [3.63, 3.8) is 0 Å². The van der Waals surface area contributed by atoms with Gasteiger partial charge in [0.2, 0.25) is 0 Å². The molecule has 0 N–H and O–H groups in total. The van der Waals surface area contributed by atoms with E-state index in [0.29, 0.717) is 0 Å². The molecule has 0 atom stereocenters. The van der Waals surface area contributed by atoms with Gasteiger partial charge in [-0.2, -0.15) is 8.78 Å². The molecule has 0 unspecified atom stereocenters. The van der Waals surface area contributed by atoms with Gasteiger partial charge in [0.05, 0.1) is 0 Å². The first-order chi connectivity index (χ1) is 3.12. The van der Waals surface area contributed by atoms with Crippen molar-refractivity contribution >= 4 is 0 Å². The predicted octanol–water partition coefficient (Wildman–Crippen LogP) is 1.07. The molecule has 0 amide bonds. The minimum Gasteiger partial charge on any atom is -0.153 e. The van der Waals surface area contributed by atoms with Gasteiger partial charge in [0.1, 0.15) is 0 Å². The summed E-state index contributed by atoms with van der Waals surface area (Å²) < 4.78 is 21.8. The Morgan fingerprint density at radius 1 is 1.14 bits per heavy atom. The van der Waals surface area contributed by atoms with Gasteiger partial charge in [-0.1, -0.05) is 0 Å². The number of nitrogens with zero attached hydrogens (tertiary/aromatic N) is 2. The van der Waals surface area contributed by atoms with Crippen LogP contribution in [0.5, 0.6) is 0 Å². The maximum atomic E-state index is 10.9. The Morgan fingerprint density at radius 3 is 1.43 bits per heavy atom. The zero-order valence-electron chi connectivity index (χ0n) is 2.97. The Balaban J connectivity index is 3.82. The highest BCUT2D eigenvalue weighted by molar-refractivity contribution is 4.52. The van der Waals surface area contributed by atoms with Crippen molar-refractivity contribution in [3.8, 4) is 0 Å². The summed E-state index contributed by atoms with van der Waals surface area (Å²) in [6.07, 6.45) is -4.28. The fourth-order valence-electron chi connectivity index (χ4n) is 0.0167. The van der Waals surface area contributed by atoms with E-state index in [-0.39, 0.29) is 0 Å². The molecule has 0 aliphatic heterocycles. The zero-order chi connectivity index (χ0) is 5.91. The van der Waals surface area contributed by atoms with Crippen LogP contribution in [0, 0.1) is 9.81 Å². The minimum atomic E-state index is -4.28. The van der Waals surface area contributed by atoms with Crippen LogP contribution in [-0.4, -0.2) is 6.17 Å². The van der Waals surface area contributed by atoms with E-state index in [9.17, 15) is 8.78 Å². The summed E-state index contributed by atoms with van der Waals surface area (Å²) in [5.74, 6) is 0. The quantitative estimate of drug-likeness (QED) is 0.394. The van der Waals surface area contributed by atoms with Crippen molar-refractivity contribution in [2.75, 3.05) is 0 Å². The molecule has 0 aliphatic carbocycles. The maximum absolute atomic E-state index is 10.9. The normalized spacial score (nSPS) is 10.6. The summed E-state index contributed by atoms with van der Waals surface area (Å²) in [4.78, 5) is 17.5. The van der Waals surface area contributed by atoms with Crippen LogP contribution in [0.25, 0.3) is 0 Å². The molecule has 7 heavy (non-hydrogen) atoms. The summed E-state index contributed by atoms with van der Waals surface area (Å²) >= 11 is 0. The average Bonchev–Trinajstić information content (AvgIpc) is 1.68. The van der Waals surface area contributed by atoms with Crippen LogP contribution in [0.1, 0.15) is 0 Å². The lowest BCUT2D eigenvalue weighted by atomic mass is 11.1. The zero-order valence-corrected chi connectivity index (χ0v) is 2.97. The van der Waals surface area contributed by atoms with Gasteiger partial charge >= 0.3 is 6.17 Å². The molecular formula is CF2N2O2. The van der Waals surface area contributed by atoms with E-state index in [1.54, 1.807) is 0 Å². The van der Waals surface area contributed by atoms with Gasteiger partial charge in [0.25, 0.3) is 0 Å². The van der Waals surface area contributed by atoms with Crippen LogP contribution in [-0.2, 0) is 0 Å². The first-order valence-electron chi connectivity index (χ1n) is 1.19. The van der Waals surface area contributed by atoms with Crippen molar-refractivity contribution in [2.24, 2.45) is 10.4 Å². The second kappa shape index (κ2) is 1.67. The van der Waals surface area contributed by atoms with E-state index in [4.69, 9.17) is 9.81 Å². The fourth-order valence-corrected chi connectivity index (χ4v) is 0.0167. The van der Waals surface area contributed by atoms with E-state index in [2.05, 4.69) is 0 Å². The Hall–Kier alpha value is -0.940.